The van der Waals surface area contributed by atoms with Crippen LogP contribution in [0.2, 0.25) is 0 Å². The Morgan fingerprint density at radius 1 is 1.31 bits per heavy atom. The summed E-state index contributed by atoms with van der Waals surface area (Å²) in [7, 11) is 0. The molecule has 1 heterocycles. The summed E-state index contributed by atoms with van der Waals surface area (Å²) in [4.78, 5) is 4.45. The highest BCUT2D eigenvalue weighted by molar-refractivity contribution is 5.80. The molecule has 2 N–H and O–H groups in total. The van der Waals surface area contributed by atoms with E-state index in [9.17, 15) is 0 Å². The predicted molar refractivity (Wildman–Crippen MR) is 68.6 cm³/mol. The lowest BCUT2D eigenvalue weighted by molar-refractivity contribution is 0.183. The molecular weight excluding hydrogens is 198 g/mol. The standard InChI is InChI=1S/C13H25N3/c1-10-5-3-6-12(11(10)2)9-16-13-14-7-4-8-15-13/h10-12H,3-9H2,1-2H3,(H2,14,15,16). The fourth-order valence-corrected chi connectivity index (χ4v) is 2.86. The predicted octanol–water partition coefficient (Wildman–Crippen LogP) is 2.00. The molecule has 0 spiro atoms. The van der Waals surface area contributed by atoms with Crippen LogP contribution in [0.4, 0.5) is 0 Å². The number of aliphatic imine (C=N–C) groups is 1. The van der Waals surface area contributed by atoms with Crippen molar-refractivity contribution in [1.29, 1.82) is 0 Å². The van der Waals surface area contributed by atoms with E-state index in [1.807, 2.05) is 0 Å². The van der Waals surface area contributed by atoms with Crippen LogP contribution in [0.25, 0.3) is 0 Å². The van der Waals surface area contributed by atoms with E-state index in [2.05, 4.69) is 29.5 Å². The van der Waals surface area contributed by atoms with Crippen LogP contribution in [-0.2, 0) is 0 Å². The molecule has 1 saturated carbocycles. The molecule has 0 amide bonds. The first-order chi connectivity index (χ1) is 7.77. The number of hydrogen-bond donors (Lipinski definition) is 2. The minimum atomic E-state index is 0.829. The summed E-state index contributed by atoms with van der Waals surface area (Å²) in [5.74, 6) is 3.60. The normalized spacial score (nSPS) is 35.1. The zero-order chi connectivity index (χ0) is 11.4. The lowest BCUT2D eigenvalue weighted by atomic mass is 9.74. The average Bonchev–Trinajstić information content (AvgIpc) is 2.32. The Morgan fingerprint density at radius 2 is 2.19 bits per heavy atom. The second-order valence-corrected chi connectivity index (χ2v) is 5.42. The number of nitrogens with one attached hydrogen (secondary N) is 2. The van der Waals surface area contributed by atoms with Crippen LogP contribution < -0.4 is 10.6 Å². The van der Waals surface area contributed by atoms with Gasteiger partial charge < -0.3 is 10.6 Å². The molecule has 0 aromatic heterocycles. The molecule has 1 fully saturated rings. The average molecular weight is 223 g/mol. The summed E-state index contributed by atoms with van der Waals surface area (Å²) >= 11 is 0. The van der Waals surface area contributed by atoms with Crippen molar-refractivity contribution in [2.24, 2.45) is 22.7 Å². The van der Waals surface area contributed by atoms with Gasteiger partial charge in [-0.1, -0.05) is 26.7 Å². The summed E-state index contributed by atoms with van der Waals surface area (Å²) in [6, 6.07) is 0. The molecule has 2 aliphatic rings. The Balaban J connectivity index is 1.78. The van der Waals surface area contributed by atoms with Crippen molar-refractivity contribution < 1.29 is 0 Å². The van der Waals surface area contributed by atoms with Crippen LogP contribution in [0.5, 0.6) is 0 Å². The van der Waals surface area contributed by atoms with Crippen LogP contribution >= 0.6 is 0 Å². The van der Waals surface area contributed by atoms with Crippen LogP contribution in [-0.4, -0.2) is 25.6 Å². The first kappa shape index (κ1) is 11.7. The van der Waals surface area contributed by atoms with E-state index in [1.54, 1.807) is 0 Å². The Bertz CT molecular complexity index is 250. The molecule has 3 nitrogen and oxygen atoms in total. The molecule has 1 aliphatic carbocycles. The summed E-state index contributed by atoms with van der Waals surface area (Å²) < 4.78 is 0. The summed E-state index contributed by atoms with van der Waals surface area (Å²) in [5, 5.41) is 6.80. The van der Waals surface area contributed by atoms with E-state index in [-0.39, 0.29) is 0 Å². The quantitative estimate of drug-likeness (QED) is 0.751. The Labute approximate surface area is 99.1 Å². The maximum atomic E-state index is 4.45. The fourth-order valence-electron chi connectivity index (χ4n) is 2.86. The molecule has 0 aromatic carbocycles. The highest BCUT2D eigenvalue weighted by atomic mass is 15.2. The molecule has 2 rings (SSSR count). The van der Waals surface area contributed by atoms with Gasteiger partial charge in [0, 0.05) is 19.6 Å². The zero-order valence-corrected chi connectivity index (χ0v) is 10.6. The maximum Gasteiger partial charge on any atom is 0.191 e. The monoisotopic (exact) mass is 223 g/mol. The van der Waals surface area contributed by atoms with Crippen molar-refractivity contribution in [2.45, 2.75) is 39.5 Å². The van der Waals surface area contributed by atoms with Crippen molar-refractivity contribution in [2.75, 3.05) is 19.6 Å². The zero-order valence-electron chi connectivity index (χ0n) is 10.6. The molecule has 92 valence electrons. The molecule has 1 aliphatic heterocycles. The minimum Gasteiger partial charge on any atom is -0.356 e. The van der Waals surface area contributed by atoms with E-state index in [4.69, 9.17) is 0 Å². The summed E-state index contributed by atoms with van der Waals surface area (Å²) in [5.41, 5.74) is 0. The van der Waals surface area contributed by atoms with Gasteiger partial charge in [0.2, 0.25) is 0 Å². The van der Waals surface area contributed by atoms with Gasteiger partial charge in [-0.3, -0.25) is 4.99 Å². The van der Waals surface area contributed by atoms with Crippen LogP contribution in [0.15, 0.2) is 4.99 Å². The molecule has 3 unspecified atom stereocenters. The highest BCUT2D eigenvalue weighted by Gasteiger charge is 2.26. The van der Waals surface area contributed by atoms with Gasteiger partial charge in [-0.05, 0) is 30.6 Å². The molecule has 16 heavy (non-hydrogen) atoms. The molecular formula is C13H25N3. The van der Waals surface area contributed by atoms with Gasteiger partial charge in [0.05, 0.1) is 0 Å². The van der Waals surface area contributed by atoms with E-state index in [0.717, 1.165) is 43.3 Å². The number of rotatable bonds is 2. The van der Waals surface area contributed by atoms with E-state index >= 15 is 0 Å². The SMILES string of the molecule is CC1CCCC(CNC2=NCCCN2)C1C. The summed E-state index contributed by atoms with van der Waals surface area (Å²) in [6.07, 6.45) is 5.36. The van der Waals surface area contributed by atoms with Crippen molar-refractivity contribution in [1.82, 2.24) is 10.6 Å². The van der Waals surface area contributed by atoms with Crippen LogP contribution in [0, 0.1) is 17.8 Å². The molecule has 0 radical (unpaired) electrons. The minimum absolute atomic E-state index is 0.829. The highest BCUT2D eigenvalue weighted by Crippen LogP contribution is 2.33. The van der Waals surface area contributed by atoms with Gasteiger partial charge in [-0.25, -0.2) is 0 Å². The number of nitrogens with zero attached hydrogens (tertiary/aromatic N) is 1. The number of hydrogen-bond acceptors (Lipinski definition) is 3. The van der Waals surface area contributed by atoms with Gasteiger partial charge in [0.1, 0.15) is 0 Å². The lowest BCUT2D eigenvalue weighted by Gasteiger charge is -2.34. The first-order valence-corrected chi connectivity index (χ1v) is 6.79. The third kappa shape index (κ3) is 2.89. The van der Waals surface area contributed by atoms with Crippen molar-refractivity contribution in [3.8, 4) is 0 Å². The molecule has 0 bridgehead atoms. The lowest BCUT2D eigenvalue weighted by Crippen LogP contribution is -2.44. The third-order valence-electron chi connectivity index (χ3n) is 4.30. The first-order valence-electron chi connectivity index (χ1n) is 6.79. The Kier molecular flexibility index (Phi) is 4.08. The molecule has 3 atom stereocenters. The van der Waals surface area contributed by atoms with Crippen LogP contribution in [0.1, 0.15) is 39.5 Å². The van der Waals surface area contributed by atoms with Crippen molar-refractivity contribution in [3.63, 3.8) is 0 Å². The van der Waals surface area contributed by atoms with Gasteiger partial charge in [-0.15, -0.1) is 0 Å². The van der Waals surface area contributed by atoms with Gasteiger partial charge in [-0.2, -0.15) is 0 Å². The second-order valence-electron chi connectivity index (χ2n) is 5.42. The van der Waals surface area contributed by atoms with Crippen molar-refractivity contribution in [3.05, 3.63) is 0 Å². The van der Waals surface area contributed by atoms with E-state index in [0.29, 0.717) is 0 Å². The topological polar surface area (TPSA) is 36.4 Å². The van der Waals surface area contributed by atoms with E-state index < -0.39 is 0 Å². The van der Waals surface area contributed by atoms with Crippen molar-refractivity contribution >= 4 is 5.96 Å². The molecule has 0 saturated heterocycles. The maximum absolute atomic E-state index is 4.45. The largest absolute Gasteiger partial charge is 0.356 e. The fraction of sp³-hybridized carbons (Fsp3) is 0.923. The molecule has 0 aromatic rings. The van der Waals surface area contributed by atoms with Gasteiger partial charge in [0.15, 0.2) is 5.96 Å². The third-order valence-corrected chi connectivity index (χ3v) is 4.30. The van der Waals surface area contributed by atoms with E-state index in [1.165, 1.54) is 25.7 Å². The number of guanidine groups is 1. The Morgan fingerprint density at radius 3 is 2.94 bits per heavy atom. The summed E-state index contributed by atoms with van der Waals surface area (Å²) in [6.45, 7) is 7.95. The smallest absolute Gasteiger partial charge is 0.191 e. The van der Waals surface area contributed by atoms with Crippen LogP contribution in [0.3, 0.4) is 0 Å². The second kappa shape index (κ2) is 5.55. The Hall–Kier alpha value is -0.730. The van der Waals surface area contributed by atoms with Gasteiger partial charge >= 0.3 is 0 Å². The van der Waals surface area contributed by atoms with Gasteiger partial charge in [0.25, 0.3) is 0 Å². The molecule has 3 heteroatoms.